The van der Waals surface area contributed by atoms with Crippen molar-refractivity contribution in [2.75, 3.05) is 0 Å². The van der Waals surface area contributed by atoms with Gasteiger partial charge in [0, 0.05) is 0 Å². The summed E-state index contributed by atoms with van der Waals surface area (Å²) in [6.45, 7) is 5.33. The van der Waals surface area contributed by atoms with Crippen molar-refractivity contribution < 1.29 is 0 Å². The van der Waals surface area contributed by atoms with Crippen molar-refractivity contribution in [2.24, 2.45) is 34.5 Å². The fraction of sp³-hybridized carbons (Fsp3) is 0.692. The van der Waals surface area contributed by atoms with Gasteiger partial charge in [0.15, 0.2) is 0 Å². The van der Waals surface area contributed by atoms with Crippen molar-refractivity contribution in [2.45, 2.75) is 78.1 Å². The molecule has 140 valence electrons. The SMILES string of the molecule is C[C@]12CC[C@H]3[C@@H](CC[C@H]4CCCC[C@@]43C)[C@@H]1CC(=Cc1ccccc1)C2. The van der Waals surface area contributed by atoms with Crippen molar-refractivity contribution in [3.63, 3.8) is 0 Å². The third-order valence-electron chi connectivity index (χ3n) is 9.38. The average Bonchev–Trinajstić information content (AvgIpc) is 2.98. The summed E-state index contributed by atoms with van der Waals surface area (Å²) in [6, 6.07) is 11.0. The predicted octanol–water partition coefficient (Wildman–Crippen LogP) is 7.50. The van der Waals surface area contributed by atoms with E-state index in [9.17, 15) is 0 Å². The summed E-state index contributed by atoms with van der Waals surface area (Å²) in [5.74, 6) is 4.03. The van der Waals surface area contributed by atoms with Crippen LogP contribution in [0.2, 0.25) is 0 Å². The monoisotopic (exact) mass is 348 g/mol. The van der Waals surface area contributed by atoms with Crippen LogP contribution in [0.1, 0.15) is 83.6 Å². The van der Waals surface area contributed by atoms with Gasteiger partial charge in [-0.3, -0.25) is 0 Å². The van der Waals surface area contributed by atoms with E-state index in [2.05, 4.69) is 50.3 Å². The number of hydrogen-bond acceptors (Lipinski definition) is 0. The highest BCUT2D eigenvalue weighted by molar-refractivity contribution is 5.54. The van der Waals surface area contributed by atoms with Gasteiger partial charge < -0.3 is 0 Å². The molecule has 4 aliphatic rings. The third-order valence-corrected chi connectivity index (χ3v) is 9.38. The second-order valence-corrected chi connectivity index (χ2v) is 10.7. The van der Waals surface area contributed by atoms with Crippen LogP contribution in [-0.4, -0.2) is 0 Å². The highest BCUT2D eigenvalue weighted by Crippen LogP contribution is 2.66. The summed E-state index contributed by atoms with van der Waals surface area (Å²) in [5.41, 5.74) is 4.40. The zero-order valence-corrected chi connectivity index (χ0v) is 16.8. The molecule has 4 aliphatic carbocycles. The molecule has 4 fully saturated rings. The molecule has 0 aliphatic heterocycles. The Morgan fingerprint density at radius 2 is 1.73 bits per heavy atom. The first-order valence-electron chi connectivity index (χ1n) is 11.3. The van der Waals surface area contributed by atoms with Gasteiger partial charge in [0.05, 0.1) is 0 Å². The van der Waals surface area contributed by atoms with E-state index >= 15 is 0 Å². The summed E-state index contributed by atoms with van der Waals surface area (Å²) in [5, 5.41) is 0. The Bertz CT molecular complexity index is 685. The Labute approximate surface area is 160 Å². The lowest BCUT2D eigenvalue weighted by molar-refractivity contribution is -0.103. The largest absolute Gasteiger partial charge is 0.0688 e. The molecular weight excluding hydrogens is 312 g/mol. The van der Waals surface area contributed by atoms with Crippen LogP contribution >= 0.6 is 0 Å². The standard InChI is InChI=1S/C26H36/c1-25-15-13-23-22(12-11-21-10-6-7-14-26(21,23)2)24(25)17-20(18-25)16-19-8-4-3-5-9-19/h3-5,8-9,16,21-24H,6-7,10-15,17-18H2,1-2H3/t21-,22-,23+,24+,25-,26+/m1/s1. The Morgan fingerprint density at radius 3 is 2.58 bits per heavy atom. The molecule has 0 spiro atoms. The number of hydrogen-bond donors (Lipinski definition) is 0. The normalized spacial score (nSPS) is 46.5. The van der Waals surface area contributed by atoms with Crippen molar-refractivity contribution in [1.29, 1.82) is 0 Å². The molecular formula is C26H36. The molecule has 0 amide bonds. The lowest BCUT2D eigenvalue weighted by atomic mass is 9.45. The Hall–Kier alpha value is -1.04. The Balaban J connectivity index is 1.42. The zero-order valence-electron chi connectivity index (χ0n) is 16.8. The first-order chi connectivity index (χ1) is 12.6. The number of benzene rings is 1. The molecule has 26 heavy (non-hydrogen) atoms. The molecule has 0 heterocycles. The minimum absolute atomic E-state index is 0.583. The number of fused-ring (bicyclic) bond motifs is 5. The molecule has 5 rings (SSSR count). The number of allylic oxidation sites excluding steroid dienone is 1. The molecule has 0 unspecified atom stereocenters. The molecule has 0 bridgehead atoms. The summed E-state index contributed by atoms with van der Waals surface area (Å²) in [4.78, 5) is 0. The van der Waals surface area contributed by atoms with Gasteiger partial charge in [-0.1, -0.05) is 68.7 Å². The van der Waals surface area contributed by atoms with E-state index in [1.54, 1.807) is 5.57 Å². The fourth-order valence-corrected chi connectivity index (χ4v) is 8.07. The van der Waals surface area contributed by atoms with E-state index in [0.29, 0.717) is 10.8 Å². The minimum Gasteiger partial charge on any atom is -0.0688 e. The maximum atomic E-state index is 2.70. The molecule has 0 radical (unpaired) electrons. The number of rotatable bonds is 1. The second-order valence-electron chi connectivity index (χ2n) is 10.7. The maximum Gasteiger partial charge on any atom is -0.0254 e. The highest BCUT2D eigenvalue weighted by Gasteiger charge is 2.57. The van der Waals surface area contributed by atoms with Crippen LogP contribution in [0.5, 0.6) is 0 Å². The van der Waals surface area contributed by atoms with Crippen LogP contribution in [0.15, 0.2) is 35.9 Å². The first kappa shape index (κ1) is 17.1. The molecule has 0 saturated heterocycles. The lowest BCUT2D eigenvalue weighted by Crippen LogP contribution is -2.51. The van der Waals surface area contributed by atoms with Crippen molar-refractivity contribution in [3.8, 4) is 0 Å². The summed E-state index contributed by atoms with van der Waals surface area (Å²) < 4.78 is 0. The smallest absolute Gasteiger partial charge is 0.0254 e. The van der Waals surface area contributed by atoms with Crippen LogP contribution in [0.3, 0.4) is 0 Å². The molecule has 0 aromatic heterocycles. The van der Waals surface area contributed by atoms with Crippen LogP contribution in [0, 0.1) is 34.5 Å². The van der Waals surface area contributed by atoms with E-state index in [0.717, 1.165) is 23.7 Å². The van der Waals surface area contributed by atoms with E-state index in [4.69, 9.17) is 0 Å². The quantitative estimate of drug-likeness (QED) is 0.493. The lowest BCUT2D eigenvalue weighted by Gasteiger charge is -2.59. The summed E-state index contributed by atoms with van der Waals surface area (Å²) >= 11 is 0. The summed E-state index contributed by atoms with van der Waals surface area (Å²) in [6.07, 6.45) is 17.4. The third kappa shape index (κ3) is 2.62. The van der Waals surface area contributed by atoms with Gasteiger partial charge in [-0.15, -0.1) is 0 Å². The van der Waals surface area contributed by atoms with E-state index < -0.39 is 0 Å². The maximum absolute atomic E-state index is 2.70. The highest BCUT2D eigenvalue weighted by atomic mass is 14.6. The first-order valence-corrected chi connectivity index (χ1v) is 11.3. The van der Waals surface area contributed by atoms with Crippen molar-refractivity contribution >= 4 is 6.08 Å². The van der Waals surface area contributed by atoms with Gasteiger partial charge in [-0.2, -0.15) is 0 Å². The zero-order chi connectivity index (χ0) is 17.8. The van der Waals surface area contributed by atoms with Gasteiger partial charge in [0.2, 0.25) is 0 Å². The topological polar surface area (TPSA) is 0 Å². The molecule has 0 N–H and O–H groups in total. The van der Waals surface area contributed by atoms with Crippen LogP contribution < -0.4 is 0 Å². The van der Waals surface area contributed by atoms with E-state index in [1.165, 1.54) is 69.8 Å². The van der Waals surface area contributed by atoms with Gasteiger partial charge >= 0.3 is 0 Å². The van der Waals surface area contributed by atoms with Gasteiger partial charge in [-0.05, 0) is 91.4 Å². The molecule has 0 heteroatoms. The van der Waals surface area contributed by atoms with Crippen molar-refractivity contribution in [3.05, 3.63) is 41.5 Å². The Morgan fingerprint density at radius 1 is 0.885 bits per heavy atom. The van der Waals surface area contributed by atoms with Crippen LogP contribution in [0.4, 0.5) is 0 Å². The van der Waals surface area contributed by atoms with Gasteiger partial charge in [-0.25, -0.2) is 0 Å². The van der Waals surface area contributed by atoms with Crippen molar-refractivity contribution in [1.82, 2.24) is 0 Å². The minimum atomic E-state index is 0.583. The Kier molecular flexibility index (Phi) is 4.11. The molecule has 1 aromatic rings. The fourth-order valence-electron chi connectivity index (χ4n) is 8.07. The summed E-state index contributed by atoms with van der Waals surface area (Å²) in [7, 11) is 0. The predicted molar refractivity (Wildman–Crippen MR) is 111 cm³/mol. The van der Waals surface area contributed by atoms with Crippen LogP contribution in [-0.2, 0) is 0 Å². The van der Waals surface area contributed by atoms with E-state index in [-0.39, 0.29) is 0 Å². The average molecular weight is 349 g/mol. The second kappa shape index (κ2) is 6.25. The van der Waals surface area contributed by atoms with Gasteiger partial charge in [0.25, 0.3) is 0 Å². The van der Waals surface area contributed by atoms with Gasteiger partial charge in [0.1, 0.15) is 0 Å². The van der Waals surface area contributed by atoms with E-state index in [1.807, 2.05) is 0 Å². The molecule has 4 saturated carbocycles. The molecule has 6 atom stereocenters. The molecule has 0 nitrogen and oxygen atoms in total. The molecule has 1 aromatic carbocycles. The van der Waals surface area contributed by atoms with Crippen LogP contribution in [0.25, 0.3) is 6.08 Å².